The summed E-state index contributed by atoms with van der Waals surface area (Å²) >= 11 is 13.3. The lowest BCUT2D eigenvalue weighted by molar-refractivity contribution is -0.113. The monoisotopic (exact) mass is 463 g/mol. The summed E-state index contributed by atoms with van der Waals surface area (Å²) in [5, 5.41) is 15.3. The number of rotatable bonds is 8. The van der Waals surface area contributed by atoms with Gasteiger partial charge in [0.15, 0.2) is 11.0 Å². The summed E-state index contributed by atoms with van der Waals surface area (Å²) in [5.41, 5.74) is 1.03. The van der Waals surface area contributed by atoms with Gasteiger partial charge in [-0.2, -0.15) is 0 Å². The van der Waals surface area contributed by atoms with Crippen LogP contribution >= 0.6 is 35.0 Å². The van der Waals surface area contributed by atoms with E-state index in [4.69, 9.17) is 23.2 Å². The van der Waals surface area contributed by atoms with Gasteiger partial charge in [-0.25, -0.2) is 0 Å². The summed E-state index contributed by atoms with van der Waals surface area (Å²) in [7, 11) is 0. The molecule has 3 aromatic rings. The maximum absolute atomic E-state index is 12.3. The molecule has 0 aliphatic carbocycles. The Morgan fingerprint density at radius 2 is 1.87 bits per heavy atom. The van der Waals surface area contributed by atoms with Gasteiger partial charge in [0.05, 0.1) is 23.0 Å². The normalized spacial score (nSPS) is 10.6. The van der Waals surface area contributed by atoms with Crippen molar-refractivity contribution in [3.63, 3.8) is 0 Å². The number of halogens is 2. The van der Waals surface area contributed by atoms with E-state index < -0.39 is 0 Å². The number of thioether (sulfide) groups is 1. The fourth-order valence-electron chi connectivity index (χ4n) is 2.63. The van der Waals surface area contributed by atoms with Crippen LogP contribution in [0.2, 0.25) is 10.0 Å². The molecule has 0 spiro atoms. The number of nitrogens with zero attached hydrogens (tertiary/aromatic N) is 3. The van der Waals surface area contributed by atoms with E-state index >= 15 is 0 Å². The molecule has 156 valence electrons. The summed E-state index contributed by atoms with van der Waals surface area (Å²) in [6, 6.07) is 13.8. The van der Waals surface area contributed by atoms with Gasteiger partial charge in [-0.1, -0.05) is 53.2 Å². The largest absolute Gasteiger partial charge is 0.345 e. The SMILES string of the molecule is CCn1c(CNC(=O)c2ccccc2)nnc1SCC(=O)Nc1cc(Cl)ccc1Cl. The number of carbonyl (C=O) groups excluding carboxylic acids is 2. The average molecular weight is 464 g/mol. The summed E-state index contributed by atoms with van der Waals surface area (Å²) in [5.74, 6) is 0.307. The molecule has 0 radical (unpaired) electrons. The van der Waals surface area contributed by atoms with Gasteiger partial charge < -0.3 is 15.2 Å². The average Bonchev–Trinajstić information content (AvgIpc) is 3.15. The molecule has 0 bridgehead atoms. The van der Waals surface area contributed by atoms with Crippen LogP contribution in [0.1, 0.15) is 23.1 Å². The van der Waals surface area contributed by atoms with Crippen LogP contribution in [0.3, 0.4) is 0 Å². The van der Waals surface area contributed by atoms with Crippen molar-refractivity contribution in [2.45, 2.75) is 25.2 Å². The number of benzene rings is 2. The summed E-state index contributed by atoms with van der Waals surface area (Å²) in [6.07, 6.45) is 0. The van der Waals surface area contributed by atoms with Crippen molar-refractivity contribution in [3.05, 3.63) is 70.0 Å². The highest BCUT2D eigenvalue weighted by atomic mass is 35.5. The second-order valence-electron chi connectivity index (χ2n) is 6.15. The van der Waals surface area contributed by atoms with Crippen LogP contribution in [0.4, 0.5) is 5.69 Å². The van der Waals surface area contributed by atoms with Crippen molar-refractivity contribution < 1.29 is 9.59 Å². The zero-order valence-electron chi connectivity index (χ0n) is 16.1. The third-order valence-electron chi connectivity index (χ3n) is 4.09. The highest BCUT2D eigenvalue weighted by molar-refractivity contribution is 7.99. The van der Waals surface area contributed by atoms with Gasteiger partial charge >= 0.3 is 0 Å². The molecule has 0 fully saturated rings. The molecule has 3 rings (SSSR count). The Hall–Kier alpha value is -2.55. The molecule has 0 unspecified atom stereocenters. The van der Waals surface area contributed by atoms with E-state index in [2.05, 4.69) is 20.8 Å². The number of anilines is 1. The standard InChI is InChI=1S/C20H19Cl2N5O2S/c1-2-27-17(11-23-19(29)13-6-4-3-5-7-13)25-26-20(27)30-12-18(28)24-16-10-14(21)8-9-15(16)22/h3-10H,2,11-12H2,1H3,(H,23,29)(H,24,28). The van der Waals surface area contributed by atoms with Crippen LogP contribution < -0.4 is 10.6 Å². The molecule has 0 aliphatic rings. The molecule has 0 saturated heterocycles. The highest BCUT2D eigenvalue weighted by Crippen LogP contribution is 2.26. The van der Waals surface area contributed by atoms with Crippen molar-refractivity contribution in [1.82, 2.24) is 20.1 Å². The third kappa shape index (κ3) is 5.75. The molecule has 0 saturated carbocycles. The lowest BCUT2D eigenvalue weighted by Crippen LogP contribution is -2.24. The van der Waals surface area contributed by atoms with Crippen molar-refractivity contribution >= 4 is 52.5 Å². The number of nitrogens with one attached hydrogen (secondary N) is 2. The second-order valence-corrected chi connectivity index (χ2v) is 7.94. The molecule has 1 heterocycles. The minimum atomic E-state index is -0.242. The van der Waals surface area contributed by atoms with Crippen LogP contribution in [0, 0.1) is 0 Å². The first-order valence-corrected chi connectivity index (χ1v) is 10.8. The number of carbonyl (C=O) groups is 2. The van der Waals surface area contributed by atoms with Crippen molar-refractivity contribution in [3.8, 4) is 0 Å². The van der Waals surface area contributed by atoms with Gasteiger partial charge in [-0.15, -0.1) is 10.2 Å². The minimum Gasteiger partial charge on any atom is -0.345 e. The molecule has 7 nitrogen and oxygen atoms in total. The van der Waals surface area contributed by atoms with Crippen LogP contribution in [-0.2, 0) is 17.9 Å². The van der Waals surface area contributed by atoms with E-state index in [1.807, 2.05) is 17.6 Å². The Bertz CT molecular complexity index is 1040. The smallest absolute Gasteiger partial charge is 0.251 e. The maximum atomic E-state index is 12.3. The van der Waals surface area contributed by atoms with Crippen molar-refractivity contribution in [2.75, 3.05) is 11.1 Å². The first-order chi connectivity index (χ1) is 14.5. The Labute approximate surface area is 188 Å². The van der Waals surface area contributed by atoms with Gasteiger partial charge in [0.2, 0.25) is 5.91 Å². The summed E-state index contributed by atoms with van der Waals surface area (Å²) < 4.78 is 1.86. The van der Waals surface area contributed by atoms with E-state index in [0.29, 0.717) is 38.8 Å². The minimum absolute atomic E-state index is 0.122. The Kier molecular flexibility index (Phi) is 7.73. The zero-order valence-corrected chi connectivity index (χ0v) is 18.4. The van der Waals surface area contributed by atoms with Crippen LogP contribution in [0.25, 0.3) is 0 Å². The van der Waals surface area contributed by atoms with Gasteiger partial charge in [0, 0.05) is 17.1 Å². The van der Waals surface area contributed by atoms with E-state index in [-0.39, 0.29) is 24.1 Å². The molecule has 2 N–H and O–H groups in total. The summed E-state index contributed by atoms with van der Waals surface area (Å²) in [6.45, 7) is 2.79. The van der Waals surface area contributed by atoms with E-state index in [9.17, 15) is 9.59 Å². The third-order valence-corrected chi connectivity index (χ3v) is 5.62. The Balaban J connectivity index is 1.58. The molecule has 0 atom stereocenters. The predicted molar refractivity (Wildman–Crippen MR) is 119 cm³/mol. The molecule has 2 aromatic carbocycles. The van der Waals surface area contributed by atoms with E-state index in [1.54, 1.807) is 42.5 Å². The van der Waals surface area contributed by atoms with Crippen molar-refractivity contribution in [1.29, 1.82) is 0 Å². The molecule has 10 heteroatoms. The topological polar surface area (TPSA) is 88.9 Å². The number of amides is 2. The highest BCUT2D eigenvalue weighted by Gasteiger charge is 2.15. The number of aromatic nitrogens is 3. The maximum Gasteiger partial charge on any atom is 0.251 e. The molecule has 2 amide bonds. The fraction of sp³-hybridized carbons (Fsp3) is 0.200. The lowest BCUT2D eigenvalue weighted by Gasteiger charge is -2.09. The van der Waals surface area contributed by atoms with Gasteiger partial charge in [-0.05, 0) is 37.3 Å². The lowest BCUT2D eigenvalue weighted by atomic mass is 10.2. The number of hydrogen-bond donors (Lipinski definition) is 2. The Morgan fingerprint density at radius 1 is 1.10 bits per heavy atom. The predicted octanol–water partition coefficient (Wildman–Crippen LogP) is 4.27. The van der Waals surface area contributed by atoms with Crippen LogP contribution in [-0.4, -0.2) is 32.3 Å². The molecular weight excluding hydrogens is 445 g/mol. The van der Waals surface area contributed by atoms with Gasteiger partial charge in [-0.3, -0.25) is 9.59 Å². The first kappa shape index (κ1) is 22.1. The molecule has 30 heavy (non-hydrogen) atoms. The van der Waals surface area contributed by atoms with Crippen LogP contribution in [0.15, 0.2) is 53.7 Å². The number of hydrogen-bond acceptors (Lipinski definition) is 5. The van der Waals surface area contributed by atoms with Gasteiger partial charge in [0.25, 0.3) is 5.91 Å². The molecule has 0 aliphatic heterocycles. The van der Waals surface area contributed by atoms with Gasteiger partial charge in [0.1, 0.15) is 0 Å². The Morgan fingerprint density at radius 3 is 2.60 bits per heavy atom. The first-order valence-electron chi connectivity index (χ1n) is 9.11. The summed E-state index contributed by atoms with van der Waals surface area (Å²) in [4.78, 5) is 24.5. The zero-order chi connectivity index (χ0) is 21.5. The molecule has 1 aromatic heterocycles. The second kappa shape index (κ2) is 10.5. The quantitative estimate of drug-likeness (QED) is 0.487. The van der Waals surface area contributed by atoms with E-state index in [1.165, 1.54) is 11.8 Å². The van der Waals surface area contributed by atoms with E-state index in [0.717, 1.165) is 0 Å². The van der Waals surface area contributed by atoms with Crippen molar-refractivity contribution in [2.24, 2.45) is 0 Å². The fourth-order valence-corrected chi connectivity index (χ4v) is 3.79. The molecular formula is C20H19Cl2N5O2S. The van der Waals surface area contributed by atoms with Crippen LogP contribution in [0.5, 0.6) is 0 Å².